The van der Waals surface area contributed by atoms with Crippen molar-refractivity contribution in [2.24, 2.45) is 5.92 Å². The Morgan fingerprint density at radius 3 is 2.62 bits per heavy atom. The molecule has 0 aliphatic heterocycles. The highest BCUT2D eigenvalue weighted by Crippen LogP contribution is 2.23. The first-order valence-electron chi connectivity index (χ1n) is 5.97. The van der Waals surface area contributed by atoms with E-state index in [1.807, 2.05) is 19.1 Å². The van der Waals surface area contributed by atoms with E-state index in [1.54, 1.807) is 6.08 Å². The molecule has 16 heavy (non-hydrogen) atoms. The third kappa shape index (κ3) is 5.12. The predicted octanol–water partition coefficient (Wildman–Crippen LogP) is 1.79. The summed E-state index contributed by atoms with van der Waals surface area (Å²) in [7, 11) is 0. The van der Waals surface area contributed by atoms with Crippen molar-refractivity contribution in [3.63, 3.8) is 0 Å². The van der Waals surface area contributed by atoms with Crippen LogP contribution in [0.1, 0.15) is 32.6 Å². The number of allylic oxidation sites excluding steroid dienone is 3. The maximum absolute atomic E-state index is 11.3. The first-order valence-corrected chi connectivity index (χ1v) is 5.97. The van der Waals surface area contributed by atoms with Crippen LogP contribution in [0.2, 0.25) is 0 Å². The molecular formula is C13H21NO2. The number of amides is 1. The topological polar surface area (TPSA) is 49.3 Å². The molecular weight excluding hydrogens is 202 g/mol. The average molecular weight is 223 g/mol. The molecule has 3 nitrogen and oxygen atoms in total. The zero-order chi connectivity index (χ0) is 11.8. The van der Waals surface area contributed by atoms with Crippen LogP contribution in [0, 0.1) is 5.92 Å². The van der Waals surface area contributed by atoms with E-state index in [0.717, 1.165) is 32.2 Å². The second-order valence-corrected chi connectivity index (χ2v) is 4.30. The van der Waals surface area contributed by atoms with Crippen LogP contribution in [0.25, 0.3) is 0 Å². The zero-order valence-corrected chi connectivity index (χ0v) is 9.86. The Bertz CT molecular complexity index is 263. The van der Waals surface area contributed by atoms with Gasteiger partial charge in [-0.05, 0) is 38.5 Å². The second kappa shape index (κ2) is 7.23. The fourth-order valence-corrected chi connectivity index (χ4v) is 1.91. The van der Waals surface area contributed by atoms with Crippen molar-refractivity contribution in [3.05, 3.63) is 24.3 Å². The quantitative estimate of drug-likeness (QED) is 0.564. The van der Waals surface area contributed by atoms with Crippen LogP contribution in [0.5, 0.6) is 0 Å². The predicted molar refractivity (Wildman–Crippen MR) is 64.9 cm³/mol. The molecule has 0 aromatic carbocycles. The first kappa shape index (κ1) is 13.0. The number of aliphatic hydroxyl groups is 1. The Kier molecular flexibility index (Phi) is 5.86. The number of carbonyl (C=O) groups excluding carboxylic acids is 1. The molecule has 0 heterocycles. The summed E-state index contributed by atoms with van der Waals surface area (Å²) >= 11 is 0. The summed E-state index contributed by atoms with van der Waals surface area (Å²) in [5.41, 5.74) is 0. The maximum Gasteiger partial charge on any atom is 0.243 e. The van der Waals surface area contributed by atoms with Crippen LogP contribution in [-0.4, -0.2) is 23.7 Å². The normalized spacial score (nSPS) is 26.4. The SMILES string of the molecule is CC=CC=CC(=O)NCC1CCC(O)CC1. The smallest absolute Gasteiger partial charge is 0.243 e. The van der Waals surface area contributed by atoms with E-state index in [4.69, 9.17) is 0 Å². The van der Waals surface area contributed by atoms with Gasteiger partial charge in [0.25, 0.3) is 0 Å². The fraction of sp³-hybridized carbons (Fsp3) is 0.615. The molecule has 2 N–H and O–H groups in total. The molecule has 0 aromatic heterocycles. The van der Waals surface area contributed by atoms with E-state index in [9.17, 15) is 9.90 Å². The fourth-order valence-electron chi connectivity index (χ4n) is 1.91. The molecule has 1 amide bonds. The van der Waals surface area contributed by atoms with Crippen molar-refractivity contribution >= 4 is 5.91 Å². The maximum atomic E-state index is 11.3. The van der Waals surface area contributed by atoms with Crippen LogP contribution in [0.3, 0.4) is 0 Å². The van der Waals surface area contributed by atoms with Crippen molar-refractivity contribution in [2.45, 2.75) is 38.7 Å². The Morgan fingerprint density at radius 2 is 2.00 bits per heavy atom. The van der Waals surface area contributed by atoms with Crippen LogP contribution < -0.4 is 5.32 Å². The van der Waals surface area contributed by atoms with E-state index in [-0.39, 0.29) is 12.0 Å². The zero-order valence-electron chi connectivity index (χ0n) is 9.86. The van der Waals surface area contributed by atoms with E-state index in [1.165, 1.54) is 6.08 Å². The molecule has 1 aliphatic carbocycles. The summed E-state index contributed by atoms with van der Waals surface area (Å²) < 4.78 is 0. The van der Waals surface area contributed by atoms with Gasteiger partial charge in [-0.2, -0.15) is 0 Å². The summed E-state index contributed by atoms with van der Waals surface area (Å²) in [5, 5.41) is 12.2. The summed E-state index contributed by atoms with van der Waals surface area (Å²) in [5.74, 6) is 0.492. The van der Waals surface area contributed by atoms with Gasteiger partial charge in [0.15, 0.2) is 0 Å². The largest absolute Gasteiger partial charge is 0.393 e. The van der Waals surface area contributed by atoms with Crippen molar-refractivity contribution < 1.29 is 9.90 Å². The molecule has 1 rings (SSSR count). The molecule has 1 fully saturated rings. The van der Waals surface area contributed by atoms with Gasteiger partial charge in [0, 0.05) is 12.6 Å². The van der Waals surface area contributed by atoms with E-state index in [0.29, 0.717) is 5.92 Å². The van der Waals surface area contributed by atoms with Gasteiger partial charge >= 0.3 is 0 Å². The van der Waals surface area contributed by atoms with Crippen LogP contribution >= 0.6 is 0 Å². The van der Waals surface area contributed by atoms with Gasteiger partial charge in [-0.25, -0.2) is 0 Å². The van der Waals surface area contributed by atoms with Crippen molar-refractivity contribution in [3.8, 4) is 0 Å². The number of carbonyl (C=O) groups is 1. The lowest BCUT2D eigenvalue weighted by molar-refractivity contribution is -0.116. The Morgan fingerprint density at radius 1 is 1.31 bits per heavy atom. The minimum atomic E-state index is -0.124. The molecule has 0 saturated heterocycles. The number of hydrogen-bond donors (Lipinski definition) is 2. The van der Waals surface area contributed by atoms with Gasteiger partial charge in [0.05, 0.1) is 6.10 Å². The monoisotopic (exact) mass is 223 g/mol. The molecule has 0 radical (unpaired) electrons. The lowest BCUT2D eigenvalue weighted by Gasteiger charge is -2.25. The number of aliphatic hydroxyl groups excluding tert-OH is 1. The van der Waals surface area contributed by atoms with Crippen LogP contribution in [0.15, 0.2) is 24.3 Å². The summed E-state index contributed by atoms with van der Waals surface area (Å²) in [4.78, 5) is 11.3. The van der Waals surface area contributed by atoms with Crippen LogP contribution in [0.4, 0.5) is 0 Å². The lowest BCUT2D eigenvalue weighted by Crippen LogP contribution is -2.31. The summed E-state index contributed by atoms with van der Waals surface area (Å²) in [6.45, 7) is 2.64. The minimum Gasteiger partial charge on any atom is -0.393 e. The Labute approximate surface area is 97.2 Å². The highest BCUT2D eigenvalue weighted by atomic mass is 16.3. The average Bonchev–Trinajstić information content (AvgIpc) is 2.29. The van der Waals surface area contributed by atoms with Gasteiger partial charge in [0.2, 0.25) is 5.91 Å². The highest BCUT2D eigenvalue weighted by molar-refractivity contribution is 5.87. The molecule has 0 unspecified atom stereocenters. The van der Waals surface area contributed by atoms with Crippen molar-refractivity contribution in [1.29, 1.82) is 0 Å². The van der Waals surface area contributed by atoms with Gasteiger partial charge in [-0.3, -0.25) is 4.79 Å². The molecule has 1 saturated carbocycles. The Hall–Kier alpha value is -1.09. The molecule has 0 spiro atoms. The molecule has 90 valence electrons. The summed E-state index contributed by atoms with van der Waals surface area (Å²) in [6, 6.07) is 0. The van der Waals surface area contributed by atoms with Crippen molar-refractivity contribution in [1.82, 2.24) is 5.32 Å². The minimum absolute atomic E-state index is 0.0378. The molecule has 0 atom stereocenters. The van der Waals surface area contributed by atoms with E-state index >= 15 is 0 Å². The molecule has 0 aromatic rings. The van der Waals surface area contributed by atoms with Gasteiger partial charge in [0.1, 0.15) is 0 Å². The third-order valence-corrected chi connectivity index (χ3v) is 2.93. The van der Waals surface area contributed by atoms with Crippen molar-refractivity contribution in [2.75, 3.05) is 6.54 Å². The van der Waals surface area contributed by atoms with E-state index < -0.39 is 0 Å². The number of hydrogen-bond acceptors (Lipinski definition) is 2. The van der Waals surface area contributed by atoms with Crippen LogP contribution in [-0.2, 0) is 4.79 Å². The lowest BCUT2D eigenvalue weighted by atomic mass is 9.87. The number of rotatable bonds is 4. The Balaban J connectivity index is 2.16. The van der Waals surface area contributed by atoms with Gasteiger partial charge in [-0.1, -0.05) is 18.2 Å². The van der Waals surface area contributed by atoms with Gasteiger partial charge < -0.3 is 10.4 Å². The molecule has 3 heteroatoms. The first-order chi connectivity index (χ1) is 7.72. The standard InChI is InChI=1S/C13H21NO2/c1-2-3-4-5-13(16)14-10-11-6-8-12(15)9-7-11/h2-5,11-12,15H,6-10H2,1H3,(H,14,16). The highest BCUT2D eigenvalue weighted by Gasteiger charge is 2.19. The summed E-state index contributed by atoms with van der Waals surface area (Å²) in [6.07, 6.45) is 10.6. The number of nitrogens with one attached hydrogen (secondary N) is 1. The second-order valence-electron chi connectivity index (χ2n) is 4.30. The van der Waals surface area contributed by atoms with E-state index in [2.05, 4.69) is 5.32 Å². The third-order valence-electron chi connectivity index (χ3n) is 2.93. The molecule has 1 aliphatic rings. The van der Waals surface area contributed by atoms with Gasteiger partial charge in [-0.15, -0.1) is 0 Å². The molecule has 0 bridgehead atoms.